The number of fused-ring (bicyclic) bond motifs is 1. The van der Waals surface area contributed by atoms with Gasteiger partial charge in [0, 0.05) is 18.5 Å². The van der Waals surface area contributed by atoms with Gasteiger partial charge in [-0.1, -0.05) is 0 Å². The van der Waals surface area contributed by atoms with Crippen molar-refractivity contribution in [3.05, 3.63) is 28.8 Å². The number of nitrogens with zero attached hydrogens (tertiary/aromatic N) is 1. The molecule has 0 aromatic heterocycles. The first-order valence-corrected chi connectivity index (χ1v) is 8.04. The lowest BCUT2D eigenvalue weighted by Crippen LogP contribution is -2.43. The van der Waals surface area contributed by atoms with Gasteiger partial charge in [0.1, 0.15) is 17.6 Å². The first-order valence-electron chi connectivity index (χ1n) is 8.04. The molecule has 1 aliphatic heterocycles. The maximum Gasteiger partial charge on any atom is 0.410 e. The van der Waals surface area contributed by atoms with E-state index in [1.165, 1.54) is 0 Å². The molecule has 0 unspecified atom stereocenters. The van der Waals surface area contributed by atoms with E-state index in [0.29, 0.717) is 24.3 Å². The largest absolute Gasteiger partial charge is 0.496 e. The Labute approximate surface area is 142 Å². The van der Waals surface area contributed by atoms with E-state index in [0.717, 1.165) is 17.4 Å². The monoisotopic (exact) mass is 335 g/mol. The molecular weight excluding hydrogens is 310 g/mol. The van der Waals surface area contributed by atoms with Gasteiger partial charge in [-0.05, 0) is 50.5 Å². The van der Waals surface area contributed by atoms with Crippen molar-refractivity contribution in [2.75, 3.05) is 13.7 Å². The summed E-state index contributed by atoms with van der Waals surface area (Å²) >= 11 is 0. The first kappa shape index (κ1) is 18.3. The Morgan fingerprint density at radius 3 is 2.67 bits per heavy atom. The van der Waals surface area contributed by atoms with E-state index in [4.69, 9.17) is 9.47 Å². The van der Waals surface area contributed by atoms with Crippen molar-refractivity contribution in [2.24, 2.45) is 0 Å². The molecule has 1 atom stereocenters. The van der Waals surface area contributed by atoms with E-state index in [9.17, 15) is 14.7 Å². The van der Waals surface area contributed by atoms with Crippen molar-refractivity contribution in [1.82, 2.24) is 4.90 Å². The standard InChI is InChI=1S/C18H25NO5/c1-18(2,3)24-17(22)19-7-5-12-10-16(23-4)13(11-21)9-14(12)15(19)6-8-20/h8-10,15,21H,5-7,11H2,1-4H3/t15-/m1/s1. The minimum absolute atomic E-state index is 0.170. The van der Waals surface area contributed by atoms with E-state index in [2.05, 4.69) is 0 Å². The summed E-state index contributed by atoms with van der Waals surface area (Å²) in [6.07, 6.45) is 1.21. The van der Waals surface area contributed by atoms with Gasteiger partial charge in [0.2, 0.25) is 0 Å². The highest BCUT2D eigenvalue weighted by atomic mass is 16.6. The van der Waals surface area contributed by atoms with Crippen LogP contribution in [0.1, 0.15) is 49.9 Å². The second-order valence-electron chi connectivity index (χ2n) is 6.86. The number of hydrogen-bond acceptors (Lipinski definition) is 5. The molecule has 1 N–H and O–H groups in total. The number of aliphatic hydroxyl groups is 1. The Hall–Kier alpha value is -2.08. The molecule has 0 fully saturated rings. The molecule has 132 valence electrons. The fraction of sp³-hybridized carbons (Fsp3) is 0.556. The van der Waals surface area contributed by atoms with Crippen LogP contribution in [0.15, 0.2) is 12.1 Å². The zero-order chi connectivity index (χ0) is 17.9. The summed E-state index contributed by atoms with van der Waals surface area (Å²) in [4.78, 5) is 25.3. The number of aliphatic hydroxyl groups excluding tert-OH is 1. The topological polar surface area (TPSA) is 76.1 Å². The highest BCUT2D eigenvalue weighted by molar-refractivity contribution is 5.70. The zero-order valence-electron chi connectivity index (χ0n) is 14.7. The fourth-order valence-corrected chi connectivity index (χ4v) is 2.98. The zero-order valence-corrected chi connectivity index (χ0v) is 14.7. The van der Waals surface area contributed by atoms with Gasteiger partial charge < -0.3 is 24.3 Å². The molecule has 24 heavy (non-hydrogen) atoms. The number of carbonyl (C=O) groups excluding carboxylic acids is 2. The van der Waals surface area contributed by atoms with E-state index < -0.39 is 17.7 Å². The summed E-state index contributed by atoms with van der Waals surface area (Å²) in [7, 11) is 1.56. The molecule has 6 heteroatoms. The molecule has 2 rings (SSSR count). The first-order chi connectivity index (χ1) is 11.3. The molecule has 0 radical (unpaired) electrons. The average Bonchev–Trinajstić information content (AvgIpc) is 2.52. The average molecular weight is 335 g/mol. The second-order valence-corrected chi connectivity index (χ2v) is 6.86. The minimum Gasteiger partial charge on any atom is -0.496 e. The summed E-state index contributed by atoms with van der Waals surface area (Å²) in [6, 6.07) is 3.31. The number of carbonyl (C=O) groups is 2. The molecule has 1 aliphatic rings. The molecule has 0 saturated heterocycles. The molecule has 6 nitrogen and oxygen atoms in total. The molecular formula is C18H25NO5. The van der Waals surface area contributed by atoms with Crippen LogP contribution in [-0.4, -0.2) is 41.6 Å². The minimum atomic E-state index is -0.598. The van der Waals surface area contributed by atoms with Gasteiger partial charge in [0.15, 0.2) is 0 Å². The molecule has 0 spiro atoms. The van der Waals surface area contributed by atoms with Crippen LogP contribution in [0.5, 0.6) is 5.75 Å². The van der Waals surface area contributed by atoms with E-state index in [1.54, 1.807) is 12.0 Å². The van der Waals surface area contributed by atoms with Crippen LogP contribution >= 0.6 is 0 Å². The summed E-state index contributed by atoms with van der Waals surface area (Å²) in [6.45, 7) is 5.74. The Balaban J connectivity index is 2.40. The summed E-state index contributed by atoms with van der Waals surface area (Å²) in [5, 5.41) is 9.54. The van der Waals surface area contributed by atoms with Crippen molar-refractivity contribution >= 4 is 12.4 Å². The number of hydrogen-bond donors (Lipinski definition) is 1. The number of methoxy groups -OCH3 is 1. The van der Waals surface area contributed by atoms with Crippen molar-refractivity contribution in [1.29, 1.82) is 0 Å². The number of benzene rings is 1. The van der Waals surface area contributed by atoms with E-state index >= 15 is 0 Å². The van der Waals surface area contributed by atoms with Crippen LogP contribution in [0.3, 0.4) is 0 Å². The van der Waals surface area contributed by atoms with Crippen LogP contribution in [0.2, 0.25) is 0 Å². The molecule has 0 aliphatic carbocycles. The molecule has 0 saturated carbocycles. The van der Waals surface area contributed by atoms with Crippen LogP contribution < -0.4 is 4.74 Å². The predicted octanol–water partition coefficient (Wildman–Crippen LogP) is 2.61. The van der Waals surface area contributed by atoms with Crippen molar-refractivity contribution in [3.8, 4) is 5.75 Å². The van der Waals surface area contributed by atoms with E-state index in [1.807, 2.05) is 32.9 Å². The lowest BCUT2D eigenvalue weighted by atomic mass is 9.89. The van der Waals surface area contributed by atoms with Gasteiger partial charge in [0.25, 0.3) is 0 Å². The number of ether oxygens (including phenoxy) is 2. The van der Waals surface area contributed by atoms with Gasteiger partial charge in [-0.3, -0.25) is 0 Å². The molecule has 1 heterocycles. The van der Waals surface area contributed by atoms with Crippen LogP contribution in [0.4, 0.5) is 4.79 Å². The van der Waals surface area contributed by atoms with Crippen molar-refractivity contribution in [2.45, 2.75) is 51.9 Å². The van der Waals surface area contributed by atoms with E-state index in [-0.39, 0.29) is 13.0 Å². The lowest BCUT2D eigenvalue weighted by molar-refractivity contribution is -0.109. The Kier molecular flexibility index (Phi) is 5.49. The van der Waals surface area contributed by atoms with Gasteiger partial charge in [-0.15, -0.1) is 0 Å². The van der Waals surface area contributed by atoms with Gasteiger partial charge >= 0.3 is 6.09 Å². The van der Waals surface area contributed by atoms with Crippen LogP contribution in [0, 0.1) is 0 Å². The molecule has 1 aromatic carbocycles. The maximum atomic E-state index is 12.5. The highest BCUT2D eigenvalue weighted by Gasteiger charge is 2.34. The second kappa shape index (κ2) is 7.21. The van der Waals surface area contributed by atoms with Crippen molar-refractivity contribution < 1.29 is 24.2 Å². The van der Waals surface area contributed by atoms with Gasteiger partial charge in [0.05, 0.1) is 19.8 Å². The number of rotatable bonds is 4. The normalized spacial score (nSPS) is 17.2. The smallest absolute Gasteiger partial charge is 0.410 e. The quantitative estimate of drug-likeness (QED) is 0.856. The van der Waals surface area contributed by atoms with Crippen LogP contribution in [0.25, 0.3) is 0 Å². The van der Waals surface area contributed by atoms with Crippen molar-refractivity contribution in [3.63, 3.8) is 0 Å². The molecule has 1 aromatic rings. The van der Waals surface area contributed by atoms with Crippen LogP contribution in [-0.2, 0) is 22.6 Å². The summed E-state index contributed by atoms with van der Waals surface area (Å²) < 4.78 is 10.8. The fourth-order valence-electron chi connectivity index (χ4n) is 2.98. The van der Waals surface area contributed by atoms with Gasteiger partial charge in [-0.25, -0.2) is 4.79 Å². The SMILES string of the molecule is COc1cc2c(cc1CO)[C@@H](CC=O)N(C(=O)OC(C)(C)C)CC2. The molecule has 0 bridgehead atoms. The third kappa shape index (κ3) is 3.87. The summed E-state index contributed by atoms with van der Waals surface area (Å²) in [5.41, 5.74) is 1.93. The third-order valence-electron chi connectivity index (χ3n) is 4.02. The highest BCUT2D eigenvalue weighted by Crippen LogP contribution is 2.36. The maximum absolute atomic E-state index is 12.5. The Bertz CT molecular complexity index is 621. The van der Waals surface area contributed by atoms with Gasteiger partial charge in [-0.2, -0.15) is 0 Å². The Morgan fingerprint density at radius 2 is 2.12 bits per heavy atom. The molecule has 1 amide bonds. The predicted molar refractivity (Wildman–Crippen MR) is 89.0 cm³/mol. The number of aldehydes is 1. The number of amides is 1. The Morgan fingerprint density at radius 1 is 1.42 bits per heavy atom. The third-order valence-corrected chi connectivity index (χ3v) is 4.02. The lowest BCUT2D eigenvalue weighted by Gasteiger charge is -2.37. The summed E-state index contributed by atoms with van der Waals surface area (Å²) in [5.74, 6) is 0.617.